The van der Waals surface area contributed by atoms with Crippen molar-refractivity contribution in [1.29, 1.82) is 0 Å². The first-order chi connectivity index (χ1) is 9.51. The van der Waals surface area contributed by atoms with Crippen LogP contribution < -0.4 is 16.4 Å². The van der Waals surface area contributed by atoms with Crippen LogP contribution in [0.2, 0.25) is 0 Å². The summed E-state index contributed by atoms with van der Waals surface area (Å²) in [6.45, 7) is -0.326. The molecular weight excluding hydrogens is 262 g/mol. The van der Waals surface area contributed by atoms with Crippen LogP contribution in [-0.2, 0) is 20.8 Å². The van der Waals surface area contributed by atoms with Gasteiger partial charge >= 0.3 is 5.97 Å². The highest BCUT2D eigenvalue weighted by molar-refractivity contribution is 5.94. The molecule has 0 unspecified atom stereocenters. The van der Waals surface area contributed by atoms with Gasteiger partial charge in [0.25, 0.3) is 0 Å². The Labute approximate surface area is 116 Å². The van der Waals surface area contributed by atoms with Gasteiger partial charge in [0, 0.05) is 12.1 Å². The van der Waals surface area contributed by atoms with Gasteiger partial charge in [-0.25, -0.2) is 0 Å². The predicted octanol–water partition coefficient (Wildman–Crippen LogP) is -0.283. The Hall–Kier alpha value is -2.41. The van der Waals surface area contributed by atoms with Gasteiger partial charge in [-0.3, -0.25) is 14.4 Å². The molecule has 2 amide bonds. The summed E-state index contributed by atoms with van der Waals surface area (Å²) in [5, 5.41) is 13.6. The number of nitrogens with two attached hydrogens (primary N) is 1. The lowest BCUT2D eigenvalue weighted by Crippen LogP contribution is -2.36. The number of hydrogen-bond donors (Lipinski definition) is 4. The molecule has 0 atom stereocenters. The van der Waals surface area contributed by atoms with E-state index in [4.69, 9.17) is 10.8 Å². The zero-order valence-corrected chi connectivity index (χ0v) is 10.9. The number of carbonyl (C=O) groups excluding carboxylic acids is 2. The number of aliphatic carboxylic acids is 1. The summed E-state index contributed by atoms with van der Waals surface area (Å²) in [6, 6.07) is 6.90. The monoisotopic (exact) mass is 279 g/mol. The number of nitrogens with one attached hydrogen (secondary N) is 2. The van der Waals surface area contributed by atoms with Gasteiger partial charge in [-0.1, -0.05) is 12.1 Å². The second-order valence-corrected chi connectivity index (χ2v) is 4.12. The minimum atomic E-state index is -0.871. The fraction of sp³-hybridized carbons (Fsp3) is 0.308. The molecule has 20 heavy (non-hydrogen) atoms. The van der Waals surface area contributed by atoms with Gasteiger partial charge in [0.05, 0.1) is 13.1 Å². The molecule has 7 heteroatoms. The maximum atomic E-state index is 11.5. The summed E-state index contributed by atoms with van der Waals surface area (Å²) in [4.78, 5) is 32.9. The Morgan fingerprint density at radius 3 is 2.60 bits per heavy atom. The molecule has 0 heterocycles. The highest BCUT2D eigenvalue weighted by Gasteiger charge is 2.05. The van der Waals surface area contributed by atoms with E-state index in [0.29, 0.717) is 12.1 Å². The number of anilines is 1. The smallest absolute Gasteiger partial charge is 0.303 e. The number of carbonyl (C=O) groups is 3. The Morgan fingerprint density at radius 1 is 1.20 bits per heavy atom. The molecule has 0 bridgehead atoms. The number of amides is 2. The van der Waals surface area contributed by atoms with Crippen molar-refractivity contribution in [2.75, 3.05) is 18.4 Å². The first kappa shape index (κ1) is 15.6. The molecule has 7 nitrogen and oxygen atoms in total. The molecule has 5 N–H and O–H groups in total. The van der Waals surface area contributed by atoms with Crippen molar-refractivity contribution >= 4 is 23.5 Å². The third-order valence-electron chi connectivity index (χ3n) is 2.47. The second kappa shape index (κ2) is 7.90. The van der Waals surface area contributed by atoms with Crippen molar-refractivity contribution in [3.63, 3.8) is 0 Å². The highest BCUT2D eigenvalue weighted by Crippen LogP contribution is 2.12. The van der Waals surface area contributed by atoms with Gasteiger partial charge in [0.2, 0.25) is 11.8 Å². The molecule has 108 valence electrons. The number of carboxylic acid groups (broad SMARTS) is 1. The second-order valence-electron chi connectivity index (χ2n) is 4.12. The maximum Gasteiger partial charge on any atom is 0.303 e. The average molecular weight is 279 g/mol. The molecule has 1 aromatic rings. The Kier molecular flexibility index (Phi) is 6.18. The van der Waals surface area contributed by atoms with Gasteiger partial charge in [-0.05, 0) is 24.1 Å². The summed E-state index contributed by atoms with van der Waals surface area (Å²) >= 11 is 0. The van der Waals surface area contributed by atoms with E-state index >= 15 is 0 Å². The number of hydrogen-bond acceptors (Lipinski definition) is 4. The van der Waals surface area contributed by atoms with Gasteiger partial charge in [0.15, 0.2) is 0 Å². The number of aryl methyl sites for hydroxylation is 1. The highest BCUT2D eigenvalue weighted by atomic mass is 16.4. The molecule has 0 aromatic heterocycles. The van der Waals surface area contributed by atoms with Crippen LogP contribution in [0.25, 0.3) is 0 Å². The maximum absolute atomic E-state index is 11.5. The molecule has 0 aliphatic rings. The van der Waals surface area contributed by atoms with Crippen LogP contribution in [0.15, 0.2) is 24.3 Å². The summed E-state index contributed by atoms with van der Waals surface area (Å²) in [7, 11) is 0. The van der Waals surface area contributed by atoms with E-state index in [1.165, 1.54) is 0 Å². The van der Waals surface area contributed by atoms with E-state index in [1.807, 2.05) is 0 Å². The molecule has 0 saturated carbocycles. The normalized spacial score (nSPS) is 9.85. The molecule has 0 fully saturated rings. The van der Waals surface area contributed by atoms with Crippen LogP contribution in [0.4, 0.5) is 5.69 Å². The van der Waals surface area contributed by atoms with Crippen molar-refractivity contribution < 1.29 is 19.5 Å². The summed E-state index contributed by atoms with van der Waals surface area (Å²) in [5.41, 5.74) is 6.47. The van der Waals surface area contributed by atoms with Gasteiger partial charge in [-0.2, -0.15) is 0 Å². The van der Waals surface area contributed by atoms with Crippen LogP contribution in [0.5, 0.6) is 0 Å². The van der Waals surface area contributed by atoms with E-state index in [2.05, 4.69) is 10.6 Å². The van der Waals surface area contributed by atoms with Crippen molar-refractivity contribution in [3.8, 4) is 0 Å². The van der Waals surface area contributed by atoms with E-state index in [9.17, 15) is 14.4 Å². The molecule has 0 radical (unpaired) electrons. The van der Waals surface area contributed by atoms with Crippen LogP contribution >= 0.6 is 0 Å². The van der Waals surface area contributed by atoms with Crippen molar-refractivity contribution in [3.05, 3.63) is 29.8 Å². The Balaban J connectivity index is 2.50. The van der Waals surface area contributed by atoms with Crippen molar-refractivity contribution in [2.45, 2.75) is 12.8 Å². The molecule has 0 aliphatic carbocycles. The van der Waals surface area contributed by atoms with Crippen molar-refractivity contribution in [2.24, 2.45) is 5.73 Å². The van der Waals surface area contributed by atoms with E-state index in [1.54, 1.807) is 24.3 Å². The number of rotatable bonds is 7. The third kappa shape index (κ3) is 5.96. The summed E-state index contributed by atoms with van der Waals surface area (Å²) < 4.78 is 0. The zero-order valence-electron chi connectivity index (χ0n) is 10.9. The van der Waals surface area contributed by atoms with Crippen LogP contribution in [0, 0.1) is 0 Å². The molecular formula is C13H17N3O4. The van der Waals surface area contributed by atoms with E-state index < -0.39 is 11.9 Å². The molecule has 0 spiro atoms. The number of benzene rings is 1. The Bertz CT molecular complexity index is 502. The SMILES string of the molecule is NCC(=O)NCC(=O)Nc1cccc(CCC(=O)O)c1. The summed E-state index contributed by atoms with van der Waals surface area (Å²) in [6.07, 6.45) is 0.424. The lowest BCUT2D eigenvalue weighted by molar-refractivity contribution is -0.137. The molecule has 0 saturated heterocycles. The predicted molar refractivity (Wildman–Crippen MR) is 73.1 cm³/mol. The van der Waals surface area contributed by atoms with Crippen LogP contribution in [0.3, 0.4) is 0 Å². The van der Waals surface area contributed by atoms with Crippen LogP contribution in [-0.4, -0.2) is 36.0 Å². The lowest BCUT2D eigenvalue weighted by Gasteiger charge is -2.07. The third-order valence-corrected chi connectivity index (χ3v) is 2.47. The summed E-state index contributed by atoms with van der Waals surface area (Å²) in [5.74, 6) is -1.65. The van der Waals surface area contributed by atoms with Gasteiger partial charge in [0.1, 0.15) is 0 Å². The largest absolute Gasteiger partial charge is 0.481 e. The standard InChI is InChI=1S/C13H17N3O4/c14-7-11(17)15-8-12(18)16-10-3-1-2-9(6-10)4-5-13(19)20/h1-3,6H,4-5,7-8,14H2,(H,15,17)(H,16,18)(H,19,20). The zero-order chi connectivity index (χ0) is 15.0. The number of carboxylic acids is 1. The first-order valence-electron chi connectivity index (χ1n) is 6.08. The fourth-order valence-corrected chi connectivity index (χ4v) is 1.51. The van der Waals surface area contributed by atoms with Crippen LogP contribution in [0.1, 0.15) is 12.0 Å². The quantitative estimate of drug-likeness (QED) is 0.547. The van der Waals surface area contributed by atoms with Crippen molar-refractivity contribution in [1.82, 2.24) is 5.32 Å². The van der Waals surface area contributed by atoms with E-state index in [-0.39, 0.29) is 25.4 Å². The minimum Gasteiger partial charge on any atom is -0.481 e. The first-order valence-corrected chi connectivity index (χ1v) is 6.08. The Morgan fingerprint density at radius 2 is 1.95 bits per heavy atom. The van der Waals surface area contributed by atoms with E-state index in [0.717, 1.165) is 5.56 Å². The minimum absolute atomic E-state index is 0.0317. The van der Waals surface area contributed by atoms with Gasteiger partial charge < -0.3 is 21.5 Å². The fourth-order valence-electron chi connectivity index (χ4n) is 1.51. The molecule has 1 aromatic carbocycles. The molecule has 1 rings (SSSR count). The average Bonchev–Trinajstić information content (AvgIpc) is 2.43. The lowest BCUT2D eigenvalue weighted by atomic mass is 10.1. The topological polar surface area (TPSA) is 122 Å². The molecule has 0 aliphatic heterocycles. The van der Waals surface area contributed by atoms with Gasteiger partial charge in [-0.15, -0.1) is 0 Å².